The van der Waals surface area contributed by atoms with Gasteiger partial charge in [0.2, 0.25) is 0 Å². The van der Waals surface area contributed by atoms with Gasteiger partial charge in [-0.2, -0.15) is 0 Å². The Morgan fingerprint density at radius 1 is 1.00 bits per heavy atom. The molecule has 25 heavy (non-hydrogen) atoms. The van der Waals surface area contributed by atoms with Gasteiger partial charge in [0.1, 0.15) is 5.82 Å². The Bertz CT molecular complexity index is 830. The van der Waals surface area contributed by atoms with Crippen LogP contribution in [0.2, 0.25) is 0 Å². The van der Waals surface area contributed by atoms with Crippen molar-refractivity contribution in [2.24, 2.45) is 0 Å². The summed E-state index contributed by atoms with van der Waals surface area (Å²) in [7, 11) is -3.34. The number of sulfone groups is 1. The Hall–Kier alpha value is -1.98. The maximum atomic E-state index is 12.9. The van der Waals surface area contributed by atoms with E-state index < -0.39 is 15.7 Å². The predicted octanol–water partition coefficient (Wildman–Crippen LogP) is 3.78. The maximum Gasteiger partial charge on any atom is 0.178 e. The molecule has 0 N–H and O–H groups in total. The van der Waals surface area contributed by atoms with Crippen LogP contribution < -0.4 is 0 Å². The average molecular weight is 359 g/mol. The van der Waals surface area contributed by atoms with E-state index in [1.807, 2.05) is 18.2 Å². The molecular weight excluding hydrogens is 337 g/mol. The first-order valence-corrected chi connectivity index (χ1v) is 10.1. The first-order chi connectivity index (χ1) is 12.0. The standard InChI is InChI=1S/C20H22FNO2S/c21-19-7-9-20(10-8-19)25(23,24)16-4-13-22-14-11-18(12-15-22)17-5-2-1-3-6-17/h1-3,5-11H,4,12-16H2. The summed E-state index contributed by atoms with van der Waals surface area (Å²) >= 11 is 0. The summed E-state index contributed by atoms with van der Waals surface area (Å²) in [5.41, 5.74) is 2.62. The minimum Gasteiger partial charge on any atom is -0.299 e. The molecule has 2 aromatic rings. The number of rotatable bonds is 6. The van der Waals surface area contributed by atoms with Gasteiger partial charge in [-0.1, -0.05) is 36.4 Å². The Kier molecular flexibility index (Phi) is 5.66. The smallest absolute Gasteiger partial charge is 0.178 e. The molecule has 0 unspecified atom stereocenters. The fourth-order valence-corrected chi connectivity index (χ4v) is 4.36. The molecule has 0 fully saturated rings. The molecule has 0 saturated carbocycles. The monoisotopic (exact) mass is 359 g/mol. The van der Waals surface area contributed by atoms with Crippen molar-refractivity contribution in [3.63, 3.8) is 0 Å². The van der Waals surface area contributed by atoms with E-state index in [0.29, 0.717) is 6.42 Å². The summed E-state index contributed by atoms with van der Waals surface area (Å²) in [6, 6.07) is 15.4. The molecule has 0 atom stereocenters. The predicted molar refractivity (Wildman–Crippen MR) is 98.5 cm³/mol. The van der Waals surface area contributed by atoms with Gasteiger partial charge >= 0.3 is 0 Å². The fraction of sp³-hybridized carbons (Fsp3) is 0.300. The summed E-state index contributed by atoms with van der Waals surface area (Å²) in [6.07, 6.45) is 3.79. The van der Waals surface area contributed by atoms with Crippen LogP contribution in [0.4, 0.5) is 4.39 Å². The van der Waals surface area contributed by atoms with E-state index in [2.05, 4.69) is 23.1 Å². The molecule has 1 aliphatic heterocycles. The van der Waals surface area contributed by atoms with Gasteiger partial charge in [0, 0.05) is 13.1 Å². The molecule has 0 spiro atoms. The zero-order valence-corrected chi connectivity index (χ0v) is 14.9. The minimum absolute atomic E-state index is 0.0877. The van der Waals surface area contributed by atoms with Crippen LogP contribution in [0, 0.1) is 5.82 Å². The van der Waals surface area contributed by atoms with E-state index in [1.54, 1.807) is 0 Å². The van der Waals surface area contributed by atoms with Gasteiger partial charge in [0.15, 0.2) is 9.84 Å². The molecule has 0 bridgehead atoms. The van der Waals surface area contributed by atoms with Crippen LogP contribution >= 0.6 is 0 Å². The molecule has 5 heteroatoms. The van der Waals surface area contributed by atoms with E-state index in [4.69, 9.17) is 0 Å². The van der Waals surface area contributed by atoms with Crippen LogP contribution in [0.5, 0.6) is 0 Å². The van der Waals surface area contributed by atoms with Gasteiger partial charge in [0.25, 0.3) is 0 Å². The summed E-state index contributed by atoms with van der Waals surface area (Å²) in [6.45, 7) is 2.54. The third-order valence-electron chi connectivity index (χ3n) is 4.50. The van der Waals surface area contributed by atoms with Crippen LogP contribution in [0.15, 0.2) is 65.6 Å². The average Bonchev–Trinajstić information content (AvgIpc) is 2.63. The van der Waals surface area contributed by atoms with Gasteiger partial charge in [0.05, 0.1) is 10.6 Å². The fourth-order valence-electron chi connectivity index (χ4n) is 3.07. The molecule has 3 rings (SSSR count). The second kappa shape index (κ2) is 7.93. The molecule has 132 valence electrons. The van der Waals surface area contributed by atoms with Crippen LogP contribution in [-0.4, -0.2) is 38.7 Å². The Labute approximate surface area is 148 Å². The lowest BCUT2D eigenvalue weighted by molar-refractivity contribution is 0.303. The molecule has 0 saturated heterocycles. The molecule has 1 heterocycles. The minimum atomic E-state index is -3.34. The van der Waals surface area contributed by atoms with Crippen molar-refractivity contribution >= 4 is 15.4 Å². The highest BCUT2D eigenvalue weighted by Crippen LogP contribution is 2.22. The lowest BCUT2D eigenvalue weighted by atomic mass is 9.99. The second-order valence-electron chi connectivity index (χ2n) is 6.27. The number of hydrogen-bond acceptors (Lipinski definition) is 3. The Balaban J connectivity index is 1.50. The zero-order valence-electron chi connectivity index (χ0n) is 14.1. The van der Waals surface area contributed by atoms with Crippen molar-refractivity contribution in [2.45, 2.75) is 17.7 Å². The molecule has 0 aliphatic carbocycles. The van der Waals surface area contributed by atoms with Gasteiger partial charge in [-0.05, 0) is 54.8 Å². The topological polar surface area (TPSA) is 37.4 Å². The van der Waals surface area contributed by atoms with E-state index in [1.165, 1.54) is 35.4 Å². The van der Waals surface area contributed by atoms with Gasteiger partial charge in [-0.3, -0.25) is 4.90 Å². The Morgan fingerprint density at radius 2 is 1.72 bits per heavy atom. The summed E-state index contributed by atoms with van der Waals surface area (Å²) < 4.78 is 37.5. The number of nitrogens with zero attached hydrogens (tertiary/aromatic N) is 1. The lowest BCUT2D eigenvalue weighted by Crippen LogP contribution is -2.30. The van der Waals surface area contributed by atoms with E-state index >= 15 is 0 Å². The molecule has 3 nitrogen and oxygen atoms in total. The molecule has 0 amide bonds. The maximum absolute atomic E-state index is 12.9. The Morgan fingerprint density at radius 3 is 2.36 bits per heavy atom. The van der Waals surface area contributed by atoms with Crippen LogP contribution in [0.3, 0.4) is 0 Å². The zero-order chi connectivity index (χ0) is 17.7. The van der Waals surface area contributed by atoms with Gasteiger partial charge < -0.3 is 0 Å². The summed E-state index contributed by atoms with van der Waals surface area (Å²) in [5, 5.41) is 0. The number of halogens is 1. The molecular formula is C20H22FNO2S. The third-order valence-corrected chi connectivity index (χ3v) is 6.31. The van der Waals surface area contributed by atoms with Crippen molar-refractivity contribution in [3.8, 4) is 0 Å². The highest BCUT2D eigenvalue weighted by molar-refractivity contribution is 7.91. The number of hydrogen-bond donors (Lipinski definition) is 0. The molecule has 0 aromatic heterocycles. The molecule has 0 radical (unpaired) electrons. The van der Waals surface area contributed by atoms with Gasteiger partial charge in [-0.25, -0.2) is 12.8 Å². The highest BCUT2D eigenvalue weighted by atomic mass is 32.2. The summed E-state index contributed by atoms with van der Waals surface area (Å²) in [5.74, 6) is -0.335. The largest absolute Gasteiger partial charge is 0.299 e. The SMILES string of the molecule is O=S(=O)(CCCN1CC=C(c2ccccc2)CC1)c1ccc(F)cc1. The second-order valence-corrected chi connectivity index (χ2v) is 8.38. The first kappa shape index (κ1) is 17.8. The van der Waals surface area contributed by atoms with Crippen molar-refractivity contribution in [2.75, 3.05) is 25.4 Å². The van der Waals surface area contributed by atoms with E-state index in [0.717, 1.165) is 26.1 Å². The van der Waals surface area contributed by atoms with Crippen molar-refractivity contribution in [1.82, 2.24) is 4.90 Å². The first-order valence-electron chi connectivity index (χ1n) is 8.50. The van der Waals surface area contributed by atoms with Crippen molar-refractivity contribution < 1.29 is 12.8 Å². The highest BCUT2D eigenvalue weighted by Gasteiger charge is 2.17. The number of benzene rings is 2. The van der Waals surface area contributed by atoms with E-state index in [-0.39, 0.29) is 10.6 Å². The normalized spacial score (nSPS) is 15.8. The van der Waals surface area contributed by atoms with Crippen LogP contribution in [0.1, 0.15) is 18.4 Å². The van der Waals surface area contributed by atoms with Crippen molar-refractivity contribution in [3.05, 3.63) is 72.1 Å². The third kappa shape index (κ3) is 4.77. The quantitative estimate of drug-likeness (QED) is 0.737. The lowest BCUT2D eigenvalue weighted by Gasteiger charge is -2.26. The van der Waals surface area contributed by atoms with Crippen molar-refractivity contribution in [1.29, 1.82) is 0 Å². The van der Waals surface area contributed by atoms with E-state index in [9.17, 15) is 12.8 Å². The summed E-state index contributed by atoms with van der Waals surface area (Å²) in [4.78, 5) is 2.46. The van der Waals surface area contributed by atoms with Crippen LogP contribution in [-0.2, 0) is 9.84 Å². The molecule has 1 aliphatic rings. The van der Waals surface area contributed by atoms with Crippen LogP contribution in [0.25, 0.3) is 5.57 Å². The van der Waals surface area contributed by atoms with Gasteiger partial charge in [-0.15, -0.1) is 0 Å². The molecule has 2 aromatic carbocycles.